The topological polar surface area (TPSA) is 42.7 Å². The summed E-state index contributed by atoms with van der Waals surface area (Å²) in [4.78, 5) is 0. The van der Waals surface area contributed by atoms with Crippen molar-refractivity contribution in [1.82, 2.24) is 20.3 Å². The van der Waals surface area contributed by atoms with E-state index >= 15 is 0 Å². The third-order valence-electron chi connectivity index (χ3n) is 2.90. The number of benzene rings is 1. The average molecular weight is 435 g/mol. The zero-order chi connectivity index (χ0) is 13.8. The molecule has 2 aromatic rings. The number of nitrogens with zero attached hydrogens (tertiary/aromatic N) is 3. The van der Waals surface area contributed by atoms with E-state index in [4.69, 9.17) is 0 Å². The van der Waals surface area contributed by atoms with Gasteiger partial charge in [0.2, 0.25) is 0 Å². The first-order valence-electron chi connectivity index (χ1n) is 6.17. The minimum absolute atomic E-state index is 0.103. The van der Waals surface area contributed by atoms with E-state index < -0.39 is 0 Å². The van der Waals surface area contributed by atoms with E-state index in [0.29, 0.717) is 0 Å². The number of nitrogens with one attached hydrogen (secondary N) is 1. The number of halogens is 2. The lowest BCUT2D eigenvalue weighted by atomic mass is 10.0. The Bertz CT molecular complexity index is 519. The molecule has 0 aliphatic heterocycles. The van der Waals surface area contributed by atoms with Gasteiger partial charge in [-0.3, -0.25) is 0 Å². The third-order valence-corrected chi connectivity index (χ3v) is 4.19. The summed E-state index contributed by atoms with van der Waals surface area (Å²) in [6.45, 7) is 3.11. The molecule has 0 amide bonds. The van der Waals surface area contributed by atoms with Gasteiger partial charge in [0.05, 0.1) is 11.7 Å². The molecule has 0 saturated carbocycles. The average Bonchev–Trinajstić information content (AvgIpc) is 2.73. The standard InChI is InChI=1S/C13H16BrIN4/c1-3-8-16-11(9-4-6-10(15)7-5-9)12-13(14)17-18-19(12)2/h4-7,11,16H,3,8H2,1-2H3. The van der Waals surface area contributed by atoms with Gasteiger partial charge in [-0.25, -0.2) is 4.68 Å². The van der Waals surface area contributed by atoms with Crippen molar-refractivity contribution in [2.75, 3.05) is 6.54 Å². The first-order chi connectivity index (χ1) is 9.13. The summed E-state index contributed by atoms with van der Waals surface area (Å²) in [5.74, 6) is 0. The van der Waals surface area contributed by atoms with Crippen molar-refractivity contribution in [1.29, 1.82) is 0 Å². The second-order valence-electron chi connectivity index (χ2n) is 4.33. The Hall–Kier alpha value is -0.470. The summed E-state index contributed by atoms with van der Waals surface area (Å²) >= 11 is 5.80. The van der Waals surface area contributed by atoms with Crippen molar-refractivity contribution in [3.63, 3.8) is 0 Å². The van der Waals surface area contributed by atoms with Crippen LogP contribution in [0.1, 0.15) is 30.6 Å². The maximum atomic E-state index is 4.08. The quantitative estimate of drug-likeness (QED) is 0.734. The van der Waals surface area contributed by atoms with Crippen LogP contribution in [0, 0.1) is 3.57 Å². The highest BCUT2D eigenvalue weighted by Gasteiger charge is 2.21. The highest BCUT2D eigenvalue weighted by molar-refractivity contribution is 14.1. The molecule has 1 N–H and O–H groups in total. The van der Waals surface area contributed by atoms with Gasteiger partial charge in [0, 0.05) is 10.6 Å². The molecule has 102 valence electrons. The molecular formula is C13H16BrIN4. The highest BCUT2D eigenvalue weighted by atomic mass is 127. The molecule has 0 aliphatic carbocycles. The maximum Gasteiger partial charge on any atom is 0.153 e. The molecule has 0 spiro atoms. The van der Waals surface area contributed by atoms with Gasteiger partial charge < -0.3 is 5.32 Å². The molecule has 0 fully saturated rings. The van der Waals surface area contributed by atoms with E-state index in [2.05, 4.69) is 85.3 Å². The summed E-state index contributed by atoms with van der Waals surface area (Å²) in [7, 11) is 1.92. The highest BCUT2D eigenvalue weighted by Crippen LogP contribution is 2.27. The second-order valence-corrected chi connectivity index (χ2v) is 6.32. The monoisotopic (exact) mass is 434 g/mol. The van der Waals surface area contributed by atoms with Crippen LogP contribution in [0.5, 0.6) is 0 Å². The molecule has 1 aromatic heterocycles. The lowest BCUT2D eigenvalue weighted by molar-refractivity contribution is 0.549. The Labute approximate surface area is 135 Å². The summed E-state index contributed by atoms with van der Waals surface area (Å²) in [6, 6.07) is 8.64. The molecule has 1 heterocycles. The third kappa shape index (κ3) is 3.55. The van der Waals surface area contributed by atoms with E-state index in [9.17, 15) is 0 Å². The van der Waals surface area contributed by atoms with Crippen LogP contribution in [0.15, 0.2) is 28.9 Å². The van der Waals surface area contributed by atoms with Crippen molar-refractivity contribution in [3.8, 4) is 0 Å². The lowest BCUT2D eigenvalue weighted by Crippen LogP contribution is -2.25. The number of rotatable bonds is 5. The summed E-state index contributed by atoms with van der Waals surface area (Å²) in [5.41, 5.74) is 2.27. The fourth-order valence-corrected chi connectivity index (χ4v) is 2.88. The summed E-state index contributed by atoms with van der Waals surface area (Å²) in [5, 5.41) is 11.7. The van der Waals surface area contributed by atoms with Gasteiger partial charge in [-0.1, -0.05) is 24.3 Å². The van der Waals surface area contributed by atoms with Crippen molar-refractivity contribution in [3.05, 3.63) is 43.7 Å². The van der Waals surface area contributed by atoms with Crippen LogP contribution in [0.25, 0.3) is 0 Å². The normalized spacial score (nSPS) is 12.6. The summed E-state index contributed by atoms with van der Waals surface area (Å²) in [6.07, 6.45) is 1.09. The van der Waals surface area contributed by atoms with Crippen LogP contribution in [0.3, 0.4) is 0 Å². The molecule has 0 aliphatic rings. The maximum absolute atomic E-state index is 4.08. The largest absolute Gasteiger partial charge is 0.305 e. The minimum Gasteiger partial charge on any atom is -0.305 e. The predicted octanol–water partition coefficient (Wildman–Crippen LogP) is 3.27. The Balaban J connectivity index is 2.38. The number of aromatic nitrogens is 3. The smallest absolute Gasteiger partial charge is 0.153 e. The molecule has 1 unspecified atom stereocenters. The van der Waals surface area contributed by atoms with Crippen LogP contribution < -0.4 is 5.32 Å². The van der Waals surface area contributed by atoms with Crippen LogP contribution in [0.2, 0.25) is 0 Å². The summed E-state index contributed by atoms with van der Waals surface area (Å²) < 4.78 is 3.84. The zero-order valence-corrected chi connectivity index (χ0v) is 14.6. The molecule has 0 radical (unpaired) electrons. The van der Waals surface area contributed by atoms with E-state index in [-0.39, 0.29) is 6.04 Å². The Morgan fingerprint density at radius 2 is 2.05 bits per heavy atom. The number of hydrogen-bond donors (Lipinski definition) is 1. The number of aryl methyl sites for hydroxylation is 1. The van der Waals surface area contributed by atoms with Gasteiger partial charge >= 0.3 is 0 Å². The van der Waals surface area contributed by atoms with Gasteiger partial charge in [0.1, 0.15) is 0 Å². The van der Waals surface area contributed by atoms with Crippen LogP contribution in [-0.2, 0) is 7.05 Å². The molecule has 6 heteroatoms. The zero-order valence-electron chi connectivity index (χ0n) is 10.9. The van der Waals surface area contributed by atoms with E-state index in [1.807, 2.05) is 11.7 Å². The van der Waals surface area contributed by atoms with Gasteiger partial charge in [0.15, 0.2) is 4.60 Å². The number of hydrogen-bond acceptors (Lipinski definition) is 3. The van der Waals surface area contributed by atoms with Crippen LogP contribution in [-0.4, -0.2) is 21.5 Å². The predicted molar refractivity (Wildman–Crippen MR) is 88.0 cm³/mol. The first kappa shape index (κ1) is 14.9. The Kier molecular flexibility index (Phi) is 5.35. The van der Waals surface area contributed by atoms with Crippen molar-refractivity contribution >= 4 is 38.5 Å². The minimum atomic E-state index is 0.103. The van der Waals surface area contributed by atoms with Crippen LogP contribution in [0.4, 0.5) is 0 Å². The van der Waals surface area contributed by atoms with E-state index in [1.165, 1.54) is 9.13 Å². The lowest BCUT2D eigenvalue weighted by Gasteiger charge is -2.19. The van der Waals surface area contributed by atoms with Crippen molar-refractivity contribution < 1.29 is 0 Å². The molecule has 0 saturated heterocycles. The SMILES string of the molecule is CCCNC(c1ccc(I)cc1)c1c(Br)nnn1C. The van der Waals surface area contributed by atoms with E-state index in [0.717, 1.165) is 23.3 Å². The van der Waals surface area contributed by atoms with Gasteiger partial charge in [-0.05, 0) is 69.2 Å². The Morgan fingerprint density at radius 1 is 1.37 bits per heavy atom. The first-order valence-corrected chi connectivity index (χ1v) is 8.04. The molecule has 1 atom stereocenters. The van der Waals surface area contributed by atoms with Gasteiger partial charge in [-0.2, -0.15) is 0 Å². The van der Waals surface area contributed by atoms with Crippen LogP contribution >= 0.6 is 38.5 Å². The molecule has 19 heavy (non-hydrogen) atoms. The van der Waals surface area contributed by atoms with Gasteiger partial charge in [0.25, 0.3) is 0 Å². The Morgan fingerprint density at radius 3 is 2.58 bits per heavy atom. The van der Waals surface area contributed by atoms with Gasteiger partial charge in [-0.15, -0.1) is 5.10 Å². The molecular weight excluding hydrogens is 419 g/mol. The van der Waals surface area contributed by atoms with Crippen molar-refractivity contribution in [2.24, 2.45) is 7.05 Å². The molecule has 2 rings (SSSR count). The fraction of sp³-hybridized carbons (Fsp3) is 0.385. The second kappa shape index (κ2) is 6.81. The molecule has 0 bridgehead atoms. The fourth-order valence-electron chi connectivity index (χ4n) is 1.96. The molecule has 1 aromatic carbocycles. The molecule has 4 nitrogen and oxygen atoms in total. The van der Waals surface area contributed by atoms with E-state index in [1.54, 1.807) is 0 Å². The van der Waals surface area contributed by atoms with Crippen molar-refractivity contribution in [2.45, 2.75) is 19.4 Å².